The topological polar surface area (TPSA) is 37.3 Å². The molecule has 0 aliphatic rings. The summed E-state index contributed by atoms with van der Waals surface area (Å²) in [5, 5.41) is 9.62. The molecule has 17 heavy (non-hydrogen) atoms. The maximum absolute atomic E-state index is 12.0. The van der Waals surface area contributed by atoms with E-state index in [4.69, 9.17) is 34.8 Å². The highest BCUT2D eigenvalue weighted by Crippen LogP contribution is 2.24. The third-order valence-electron chi connectivity index (χ3n) is 2.06. The number of halogens is 3. The van der Waals surface area contributed by atoms with E-state index in [1.54, 1.807) is 13.0 Å². The van der Waals surface area contributed by atoms with E-state index in [-0.39, 0.29) is 27.2 Å². The summed E-state index contributed by atoms with van der Waals surface area (Å²) in [6, 6.07) is 0. The number of ketones is 1. The van der Waals surface area contributed by atoms with Crippen molar-refractivity contribution < 1.29 is 9.90 Å². The molecule has 5 heteroatoms. The molecule has 0 heterocycles. The molecular formula is C12H13Cl3O2. The average Bonchev–Trinajstić information content (AvgIpc) is 2.32. The van der Waals surface area contributed by atoms with Crippen LogP contribution in [0.2, 0.25) is 0 Å². The van der Waals surface area contributed by atoms with Gasteiger partial charge >= 0.3 is 0 Å². The third kappa shape index (κ3) is 4.99. The molecule has 2 nitrogen and oxygen atoms in total. The zero-order valence-corrected chi connectivity index (χ0v) is 11.8. The van der Waals surface area contributed by atoms with Crippen molar-refractivity contribution >= 4 is 40.6 Å². The Bertz CT molecular complexity index is 406. The first-order valence-electron chi connectivity index (χ1n) is 4.76. The maximum atomic E-state index is 12.0. The quantitative estimate of drug-likeness (QED) is 0.455. The molecule has 0 aromatic carbocycles. The Labute approximate surface area is 116 Å². The molecule has 0 bridgehead atoms. The molecule has 94 valence electrons. The molecule has 0 saturated carbocycles. The van der Waals surface area contributed by atoms with Crippen LogP contribution < -0.4 is 0 Å². The molecule has 1 unspecified atom stereocenters. The Morgan fingerprint density at radius 3 is 2.29 bits per heavy atom. The Hall–Kier alpha value is -0.700. The highest BCUT2D eigenvalue weighted by atomic mass is 35.5. The van der Waals surface area contributed by atoms with Gasteiger partial charge in [0, 0.05) is 16.1 Å². The van der Waals surface area contributed by atoms with E-state index in [9.17, 15) is 9.90 Å². The van der Waals surface area contributed by atoms with Crippen LogP contribution in [-0.4, -0.2) is 10.9 Å². The van der Waals surface area contributed by atoms with Crippen molar-refractivity contribution in [2.24, 2.45) is 5.92 Å². The van der Waals surface area contributed by atoms with Crippen LogP contribution in [0.3, 0.4) is 0 Å². The first kappa shape index (κ1) is 16.3. The van der Waals surface area contributed by atoms with Gasteiger partial charge < -0.3 is 5.11 Å². The fraction of sp³-hybridized carbons (Fsp3) is 0.250. The van der Waals surface area contributed by atoms with Crippen molar-refractivity contribution in [2.75, 3.05) is 0 Å². The van der Waals surface area contributed by atoms with Crippen LogP contribution >= 0.6 is 34.8 Å². The number of hydrogen-bond acceptors (Lipinski definition) is 2. The number of hydrogen-bond donors (Lipinski definition) is 1. The van der Waals surface area contributed by atoms with Gasteiger partial charge in [0.1, 0.15) is 0 Å². The summed E-state index contributed by atoms with van der Waals surface area (Å²) in [6.07, 6.45) is 2.90. The second-order valence-corrected chi connectivity index (χ2v) is 4.33. The molecule has 0 aromatic rings. The minimum atomic E-state index is -0.755. The van der Waals surface area contributed by atoms with E-state index in [2.05, 4.69) is 6.58 Å². The van der Waals surface area contributed by atoms with Crippen LogP contribution in [0.15, 0.2) is 45.7 Å². The van der Waals surface area contributed by atoms with Gasteiger partial charge in [-0.3, -0.25) is 4.79 Å². The average molecular weight is 296 g/mol. The monoisotopic (exact) mass is 294 g/mol. The summed E-state index contributed by atoms with van der Waals surface area (Å²) in [4.78, 5) is 12.0. The van der Waals surface area contributed by atoms with Crippen molar-refractivity contribution in [3.63, 3.8) is 0 Å². The highest BCUT2D eigenvalue weighted by molar-refractivity contribution is 6.39. The second-order valence-electron chi connectivity index (χ2n) is 3.27. The molecule has 0 amide bonds. The minimum absolute atomic E-state index is 0.172. The number of rotatable bonds is 5. The zero-order chi connectivity index (χ0) is 13.6. The molecule has 0 aromatic heterocycles. The van der Waals surface area contributed by atoms with Gasteiger partial charge in [-0.15, -0.1) is 0 Å². The molecule has 0 saturated heterocycles. The van der Waals surface area contributed by atoms with E-state index in [0.717, 1.165) is 5.54 Å². The van der Waals surface area contributed by atoms with Crippen molar-refractivity contribution in [1.82, 2.24) is 0 Å². The van der Waals surface area contributed by atoms with Crippen molar-refractivity contribution in [2.45, 2.75) is 13.8 Å². The number of carbonyl (C=O) groups is 1. The number of aliphatic hydroxyl groups is 1. The molecule has 0 rings (SSSR count). The van der Waals surface area contributed by atoms with E-state index < -0.39 is 5.92 Å². The summed E-state index contributed by atoms with van der Waals surface area (Å²) >= 11 is 17.0. The Morgan fingerprint density at radius 1 is 1.41 bits per heavy atom. The molecule has 0 aliphatic carbocycles. The number of allylic oxidation sites excluding steroid dienone is 6. The molecule has 1 N–H and O–H groups in total. The standard InChI is InChI=1S/C12H13Cl3O2/c1-4-11(15)10(5-9(14)6-13)12(17)7(2)8(3)16/h4-7,16H,3H2,1-2H3/b9-6-,10-5+,11-4+. The van der Waals surface area contributed by atoms with Crippen LogP contribution in [0.4, 0.5) is 0 Å². The van der Waals surface area contributed by atoms with Gasteiger partial charge in [0.25, 0.3) is 0 Å². The number of aliphatic hydroxyl groups excluding tert-OH is 1. The zero-order valence-electron chi connectivity index (χ0n) is 9.51. The van der Waals surface area contributed by atoms with E-state index in [0.29, 0.717) is 0 Å². The minimum Gasteiger partial charge on any atom is -0.512 e. The smallest absolute Gasteiger partial charge is 0.174 e. The lowest BCUT2D eigenvalue weighted by atomic mass is 9.97. The Morgan fingerprint density at radius 2 is 1.94 bits per heavy atom. The van der Waals surface area contributed by atoms with Gasteiger partial charge in [-0.25, -0.2) is 0 Å². The molecular weight excluding hydrogens is 282 g/mol. The van der Waals surface area contributed by atoms with Crippen LogP contribution in [0, 0.1) is 5.92 Å². The molecule has 0 radical (unpaired) electrons. The molecule has 0 aliphatic heterocycles. The van der Waals surface area contributed by atoms with E-state index >= 15 is 0 Å². The largest absolute Gasteiger partial charge is 0.512 e. The van der Waals surface area contributed by atoms with Gasteiger partial charge in [0.05, 0.1) is 16.7 Å². The normalized spacial score (nSPS) is 15.7. The second kappa shape index (κ2) is 7.59. The molecule has 0 spiro atoms. The molecule has 1 atom stereocenters. The fourth-order valence-electron chi connectivity index (χ4n) is 0.967. The summed E-state index contributed by atoms with van der Waals surface area (Å²) in [5.74, 6) is -1.36. The summed E-state index contributed by atoms with van der Waals surface area (Å²) < 4.78 is 0. The highest BCUT2D eigenvalue weighted by Gasteiger charge is 2.22. The summed E-state index contributed by atoms with van der Waals surface area (Å²) in [6.45, 7) is 6.52. The van der Waals surface area contributed by atoms with Crippen LogP contribution in [0.1, 0.15) is 13.8 Å². The Balaban J connectivity index is 5.44. The first-order chi connectivity index (χ1) is 7.84. The third-order valence-corrected chi connectivity index (χ3v) is 3.04. The lowest BCUT2D eigenvalue weighted by Crippen LogP contribution is -2.15. The summed E-state index contributed by atoms with van der Waals surface area (Å²) in [7, 11) is 0. The van der Waals surface area contributed by atoms with Gasteiger partial charge in [0.15, 0.2) is 5.78 Å². The van der Waals surface area contributed by atoms with Gasteiger partial charge in [-0.1, -0.05) is 47.5 Å². The number of carbonyl (C=O) groups excluding carboxylic acids is 1. The van der Waals surface area contributed by atoms with Gasteiger partial charge in [-0.2, -0.15) is 0 Å². The van der Waals surface area contributed by atoms with E-state index in [1.165, 1.54) is 13.0 Å². The first-order valence-corrected chi connectivity index (χ1v) is 5.96. The van der Waals surface area contributed by atoms with Crippen LogP contribution in [-0.2, 0) is 4.79 Å². The Kier molecular flexibility index (Phi) is 7.28. The van der Waals surface area contributed by atoms with Crippen molar-refractivity contribution in [1.29, 1.82) is 0 Å². The van der Waals surface area contributed by atoms with Crippen molar-refractivity contribution in [3.05, 3.63) is 45.7 Å². The molecule has 0 fully saturated rings. The van der Waals surface area contributed by atoms with Crippen LogP contribution in [0.25, 0.3) is 0 Å². The number of Topliss-reactive ketones (excluding diaryl/α,β-unsaturated/α-hetero) is 1. The van der Waals surface area contributed by atoms with Gasteiger partial charge in [0.2, 0.25) is 0 Å². The van der Waals surface area contributed by atoms with Crippen LogP contribution in [0.5, 0.6) is 0 Å². The lowest BCUT2D eigenvalue weighted by molar-refractivity contribution is -0.118. The predicted octanol–water partition coefficient (Wildman–Crippen LogP) is 4.65. The van der Waals surface area contributed by atoms with Crippen molar-refractivity contribution in [3.8, 4) is 0 Å². The predicted molar refractivity (Wildman–Crippen MR) is 73.4 cm³/mol. The summed E-state index contributed by atoms with van der Waals surface area (Å²) in [5.41, 5.74) is 1.30. The van der Waals surface area contributed by atoms with Gasteiger partial charge in [-0.05, 0) is 19.9 Å². The van der Waals surface area contributed by atoms with E-state index in [1.807, 2.05) is 0 Å². The fourth-order valence-corrected chi connectivity index (χ4v) is 1.29. The maximum Gasteiger partial charge on any atom is 0.174 e. The SMILES string of the molecule is C=C(O)C(C)C(=O)C(=C/C(Cl)=C/Cl)/C(Cl)=C\C. The lowest BCUT2D eigenvalue weighted by Gasteiger charge is -2.11.